The number of furan rings is 1. The lowest BCUT2D eigenvalue weighted by Gasteiger charge is -2.09. The molecular formula is C24H18O. The van der Waals surface area contributed by atoms with Gasteiger partial charge in [-0.25, -0.2) is 0 Å². The fraction of sp³-hybridized carbons (Fsp3) is 0.0833. The second-order valence-electron chi connectivity index (χ2n) is 6.72. The van der Waals surface area contributed by atoms with Gasteiger partial charge in [0.2, 0.25) is 0 Å². The number of allylic oxidation sites excluding steroid dienone is 1. The van der Waals surface area contributed by atoms with Crippen LogP contribution in [0, 0.1) is 6.92 Å². The highest BCUT2D eigenvalue weighted by Crippen LogP contribution is 2.39. The van der Waals surface area contributed by atoms with E-state index in [2.05, 4.69) is 73.7 Å². The highest BCUT2D eigenvalue weighted by molar-refractivity contribution is 5.95. The number of benzene rings is 3. The zero-order valence-corrected chi connectivity index (χ0v) is 14.1. The smallest absolute Gasteiger partial charge is 0.133 e. The molecule has 4 aromatic rings. The van der Waals surface area contributed by atoms with Gasteiger partial charge in [-0.05, 0) is 63.7 Å². The Morgan fingerprint density at radius 2 is 1.72 bits per heavy atom. The van der Waals surface area contributed by atoms with E-state index >= 15 is 0 Å². The van der Waals surface area contributed by atoms with Gasteiger partial charge in [0.25, 0.3) is 0 Å². The monoisotopic (exact) mass is 322 g/mol. The van der Waals surface area contributed by atoms with Crippen molar-refractivity contribution in [1.29, 1.82) is 0 Å². The fourth-order valence-electron chi connectivity index (χ4n) is 3.82. The number of hydrogen-bond donors (Lipinski definition) is 0. The average Bonchev–Trinajstić information content (AvgIpc) is 3.26. The van der Waals surface area contributed by atoms with Crippen LogP contribution in [0.25, 0.3) is 33.5 Å². The third-order valence-electron chi connectivity index (χ3n) is 5.11. The Kier molecular flexibility index (Phi) is 3.14. The summed E-state index contributed by atoms with van der Waals surface area (Å²) in [5.74, 6) is 1.01. The summed E-state index contributed by atoms with van der Waals surface area (Å²) in [7, 11) is 0. The van der Waals surface area contributed by atoms with Gasteiger partial charge in [-0.3, -0.25) is 0 Å². The maximum atomic E-state index is 5.71. The second-order valence-corrected chi connectivity index (χ2v) is 6.72. The maximum absolute atomic E-state index is 5.71. The van der Waals surface area contributed by atoms with Crippen LogP contribution in [-0.2, 0) is 6.42 Å². The fourth-order valence-corrected chi connectivity index (χ4v) is 3.82. The lowest BCUT2D eigenvalue weighted by molar-refractivity contribution is 0.550. The molecule has 0 atom stereocenters. The van der Waals surface area contributed by atoms with Gasteiger partial charge >= 0.3 is 0 Å². The van der Waals surface area contributed by atoms with Crippen molar-refractivity contribution in [3.63, 3.8) is 0 Å². The molecule has 25 heavy (non-hydrogen) atoms. The molecule has 1 aliphatic rings. The van der Waals surface area contributed by atoms with Crippen LogP contribution in [0.5, 0.6) is 0 Å². The third-order valence-corrected chi connectivity index (χ3v) is 5.11. The predicted octanol–water partition coefficient (Wildman–Crippen LogP) is 6.50. The first-order valence-corrected chi connectivity index (χ1v) is 8.66. The zero-order valence-electron chi connectivity index (χ0n) is 14.1. The normalized spacial score (nSPS) is 13.1. The Bertz CT molecular complexity index is 1130. The quantitative estimate of drug-likeness (QED) is 0.410. The summed E-state index contributed by atoms with van der Waals surface area (Å²) in [6.45, 7) is 2.10. The van der Waals surface area contributed by atoms with Crippen LogP contribution < -0.4 is 0 Å². The van der Waals surface area contributed by atoms with Crippen molar-refractivity contribution < 1.29 is 4.42 Å². The van der Waals surface area contributed by atoms with Crippen molar-refractivity contribution in [3.8, 4) is 11.1 Å². The van der Waals surface area contributed by atoms with E-state index < -0.39 is 0 Å². The van der Waals surface area contributed by atoms with Gasteiger partial charge in [-0.2, -0.15) is 0 Å². The minimum atomic E-state index is 0.936. The number of hydrogen-bond acceptors (Lipinski definition) is 1. The first-order valence-electron chi connectivity index (χ1n) is 8.66. The molecule has 5 rings (SSSR count). The molecule has 0 fully saturated rings. The van der Waals surface area contributed by atoms with Crippen molar-refractivity contribution >= 4 is 22.4 Å². The molecule has 1 aromatic heterocycles. The van der Waals surface area contributed by atoms with Gasteiger partial charge in [-0.1, -0.05) is 54.6 Å². The summed E-state index contributed by atoms with van der Waals surface area (Å²) >= 11 is 0. The summed E-state index contributed by atoms with van der Waals surface area (Å²) in [6, 6.07) is 23.9. The molecule has 0 N–H and O–H groups in total. The summed E-state index contributed by atoms with van der Waals surface area (Å²) in [5.41, 5.74) is 7.73. The van der Waals surface area contributed by atoms with Crippen LogP contribution in [0.4, 0.5) is 0 Å². The molecule has 1 aliphatic carbocycles. The molecule has 120 valence electrons. The van der Waals surface area contributed by atoms with E-state index in [4.69, 9.17) is 4.42 Å². The van der Waals surface area contributed by atoms with Crippen LogP contribution in [0.2, 0.25) is 0 Å². The van der Waals surface area contributed by atoms with Crippen molar-refractivity contribution in [2.75, 3.05) is 0 Å². The summed E-state index contributed by atoms with van der Waals surface area (Å²) in [6.07, 6.45) is 5.01. The van der Waals surface area contributed by atoms with E-state index in [1.54, 1.807) is 6.26 Å². The topological polar surface area (TPSA) is 13.1 Å². The molecule has 0 aliphatic heterocycles. The molecule has 3 aromatic carbocycles. The first kappa shape index (κ1) is 14.3. The molecule has 0 unspecified atom stereocenters. The Morgan fingerprint density at radius 1 is 0.840 bits per heavy atom. The van der Waals surface area contributed by atoms with Gasteiger partial charge in [0.1, 0.15) is 5.76 Å². The van der Waals surface area contributed by atoms with Crippen LogP contribution in [0.1, 0.15) is 22.5 Å². The molecule has 0 saturated carbocycles. The number of rotatable bonds is 2. The third kappa shape index (κ3) is 2.32. The Labute approximate surface area is 147 Å². The first-order chi connectivity index (χ1) is 12.3. The highest BCUT2D eigenvalue weighted by atomic mass is 16.3. The SMILES string of the molecule is Cc1ccoc1C1=Cc2c(cccc2-c2ccc3ccccc3c2)C1. The lowest BCUT2D eigenvalue weighted by atomic mass is 9.95. The molecule has 0 radical (unpaired) electrons. The molecule has 1 nitrogen and oxygen atoms in total. The van der Waals surface area contributed by atoms with Crippen molar-refractivity contribution in [2.24, 2.45) is 0 Å². The molecule has 0 amide bonds. The highest BCUT2D eigenvalue weighted by Gasteiger charge is 2.20. The van der Waals surface area contributed by atoms with E-state index in [0.29, 0.717) is 0 Å². The Balaban J connectivity index is 1.66. The molecule has 0 bridgehead atoms. The summed E-state index contributed by atoms with van der Waals surface area (Å²) in [5, 5.41) is 2.56. The summed E-state index contributed by atoms with van der Waals surface area (Å²) in [4.78, 5) is 0. The van der Waals surface area contributed by atoms with E-state index in [1.165, 1.54) is 44.2 Å². The zero-order chi connectivity index (χ0) is 16.8. The predicted molar refractivity (Wildman–Crippen MR) is 104 cm³/mol. The van der Waals surface area contributed by atoms with Crippen LogP contribution in [0.3, 0.4) is 0 Å². The number of aryl methyl sites for hydroxylation is 1. The maximum Gasteiger partial charge on any atom is 0.133 e. The van der Waals surface area contributed by atoms with Crippen LogP contribution in [0.15, 0.2) is 77.4 Å². The molecule has 0 spiro atoms. The van der Waals surface area contributed by atoms with Gasteiger partial charge in [0.15, 0.2) is 0 Å². The number of fused-ring (bicyclic) bond motifs is 2. The van der Waals surface area contributed by atoms with E-state index in [1.807, 2.05) is 6.07 Å². The van der Waals surface area contributed by atoms with Crippen molar-refractivity contribution in [2.45, 2.75) is 13.3 Å². The van der Waals surface area contributed by atoms with Crippen LogP contribution in [-0.4, -0.2) is 0 Å². The van der Waals surface area contributed by atoms with Gasteiger partial charge in [-0.15, -0.1) is 0 Å². The standard InChI is InChI=1S/C24H18O/c1-16-11-12-25-24(16)21-14-19-7-4-8-22(23(19)15-21)20-10-9-17-5-2-3-6-18(17)13-20/h2-13,15H,14H2,1H3. The van der Waals surface area contributed by atoms with Gasteiger partial charge in [0, 0.05) is 12.0 Å². The molecule has 1 heterocycles. The Hall–Kier alpha value is -3.06. The lowest BCUT2D eigenvalue weighted by Crippen LogP contribution is -1.88. The van der Waals surface area contributed by atoms with Gasteiger partial charge < -0.3 is 4.42 Å². The summed E-state index contributed by atoms with van der Waals surface area (Å²) < 4.78 is 5.71. The van der Waals surface area contributed by atoms with E-state index in [-0.39, 0.29) is 0 Å². The van der Waals surface area contributed by atoms with Gasteiger partial charge in [0.05, 0.1) is 6.26 Å². The average molecular weight is 322 g/mol. The molecule has 0 saturated heterocycles. The van der Waals surface area contributed by atoms with Crippen molar-refractivity contribution in [1.82, 2.24) is 0 Å². The Morgan fingerprint density at radius 3 is 2.56 bits per heavy atom. The minimum Gasteiger partial charge on any atom is -0.464 e. The molecular weight excluding hydrogens is 304 g/mol. The van der Waals surface area contributed by atoms with Crippen LogP contribution >= 0.6 is 0 Å². The second kappa shape index (κ2) is 5.49. The minimum absolute atomic E-state index is 0.936. The largest absolute Gasteiger partial charge is 0.464 e. The van der Waals surface area contributed by atoms with E-state index in [9.17, 15) is 0 Å². The van der Waals surface area contributed by atoms with E-state index in [0.717, 1.165) is 12.2 Å². The molecule has 1 heteroatoms. The van der Waals surface area contributed by atoms with Crippen molar-refractivity contribution in [3.05, 3.63) is 95.4 Å².